The minimum absolute atomic E-state index is 0.0139. The lowest BCUT2D eigenvalue weighted by atomic mass is 9.98. The van der Waals surface area contributed by atoms with E-state index in [0.29, 0.717) is 25.9 Å². The predicted molar refractivity (Wildman–Crippen MR) is 203 cm³/mol. The summed E-state index contributed by atoms with van der Waals surface area (Å²) < 4.78 is 13.5. The molecule has 1 aliphatic rings. The van der Waals surface area contributed by atoms with Gasteiger partial charge < -0.3 is 19.9 Å². The van der Waals surface area contributed by atoms with Gasteiger partial charge in [-0.3, -0.25) is 19.7 Å². The minimum atomic E-state index is -0.609. The van der Waals surface area contributed by atoms with Crippen molar-refractivity contribution in [2.24, 2.45) is 0 Å². The number of aliphatic hydroxyl groups is 1. The molecule has 3 atom stereocenters. The molecule has 0 radical (unpaired) electrons. The molecule has 1 heterocycles. The third kappa shape index (κ3) is 11.2. The molecule has 2 amide bonds. The predicted octanol–water partition coefficient (Wildman–Crippen LogP) is 7.39. The molecule has 0 unspecified atom stereocenters. The van der Waals surface area contributed by atoms with Gasteiger partial charge in [-0.05, 0) is 57.5 Å². The number of aliphatic hydroxyl groups excluding tert-OH is 1. The van der Waals surface area contributed by atoms with Crippen LogP contribution in [0.15, 0.2) is 133 Å². The van der Waals surface area contributed by atoms with Crippen molar-refractivity contribution in [3.8, 4) is 11.1 Å². The van der Waals surface area contributed by atoms with Crippen LogP contribution in [0.2, 0.25) is 0 Å². The number of hydrogen-bond donors (Lipinski definition) is 4. The van der Waals surface area contributed by atoms with E-state index in [-0.39, 0.29) is 37.6 Å². The van der Waals surface area contributed by atoms with Crippen molar-refractivity contribution in [1.82, 2.24) is 15.7 Å². The molecule has 1 saturated heterocycles. The molecule has 5 aromatic rings. The Bertz CT molecular complexity index is 1860. The van der Waals surface area contributed by atoms with Crippen LogP contribution in [-0.4, -0.2) is 39.7 Å². The van der Waals surface area contributed by atoms with Crippen molar-refractivity contribution < 1.29 is 29.4 Å². The number of ether oxygens (including phenoxy) is 2. The zero-order valence-corrected chi connectivity index (χ0v) is 29.8. The van der Waals surface area contributed by atoms with Gasteiger partial charge in [0.05, 0.1) is 18.8 Å². The van der Waals surface area contributed by atoms with Gasteiger partial charge in [-0.2, -0.15) is 0 Å². The van der Waals surface area contributed by atoms with Crippen LogP contribution in [0, 0.1) is 0 Å². The van der Waals surface area contributed by atoms with Crippen molar-refractivity contribution in [1.29, 1.82) is 0 Å². The molecule has 5 aromatic carbocycles. The highest BCUT2D eigenvalue weighted by Crippen LogP contribution is 2.39. The fourth-order valence-corrected chi connectivity index (χ4v) is 6.67. The summed E-state index contributed by atoms with van der Waals surface area (Å²) in [4.78, 5) is 26.0. The molecule has 1 fully saturated rings. The highest BCUT2D eigenvalue weighted by molar-refractivity contribution is 5.78. The molecule has 0 spiro atoms. The maximum absolute atomic E-state index is 12.4. The third-order valence-corrected chi connectivity index (χ3v) is 9.42. The number of rotatable bonds is 16. The first-order valence-corrected chi connectivity index (χ1v) is 18.2. The van der Waals surface area contributed by atoms with E-state index in [1.807, 2.05) is 66.7 Å². The largest absolute Gasteiger partial charge is 0.392 e. The molecule has 0 bridgehead atoms. The van der Waals surface area contributed by atoms with Gasteiger partial charge in [0.25, 0.3) is 0 Å². The van der Waals surface area contributed by atoms with E-state index in [4.69, 9.17) is 14.7 Å². The lowest BCUT2D eigenvalue weighted by molar-refractivity contribution is -0.253. The normalized spacial score (nSPS) is 17.0. The van der Waals surface area contributed by atoms with Crippen LogP contribution in [0.4, 0.5) is 0 Å². The zero-order valence-electron chi connectivity index (χ0n) is 29.8. The summed E-state index contributed by atoms with van der Waals surface area (Å²) in [6.45, 7) is 2.61. The summed E-state index contributed by atoms with van der Waals surface area (Å²) in [6, 6.07) is 45.2. The molecular weight excluding hydrogens is 666 g/mol. The first-order chi connectivity index (χ1) is 25.9. The monoisotopic (exact) mass is 713 g/mol. The van der Waals surface area contributed by atoms with Crippen molar-refractivity contribution in [2.45, 2.75) is 70.4 Å². The fourth-order valence-electron chi connectivity index (χ4n) is 6.67. The van der Waals surface area contributed by atoms with Gasteiger partial charge in [0, 0.05) is 51.0 Å². The summed E-state index contributed by atoms with van der Waals surface area (Å²) in [5.41, 5.74) is 9.82. The number of carbonyl (C=O) groups is 2. The maximum atomic E-state index is 12.4. The van der Waals surface area contributed by atoms with E-state index in [1.165, 1.54) is 11.1 Å². The van der Waals surface area contributed by atoms with Crippen molar-refractivity contribution in [2.75, 3.05) is 6.54 Å². The highest BCUT2D eigenvalue weighted by atomic mass is 16.7. The molecule has 0 aromatic heterocycles. The van der Waals surface area contributed by atoms with Gasteiger partial charge in [0.2, 0.25) is 11.8 Å². The smallest absolute Gasteiger partial charge is 0.243 e. The lowest BCUT2D eigenvalue weighted by Crippen LogP contribution is -2.39. The van der Waals surface area contributed by atoms with Gasteiger partial charge in [0.1, 0.15) is 0 Å². The molecule has 274 valence electrons. The van der Waals surface area contributed by atoms with Crippen LogP contribution in [0.1, 0.15) is 71.5 Å². The second-order valence-electron chi connectivity index (χ2n) is 13.5. The minimum Gasteiger partial charge on any atom is -0.392 e. The SMILES string of the molecule is O=C(CCCC(=O)NCc1cccc(-c2cccc([C@@H]3O[C@H](CN(Cc4ccccc4)Cc4ccccc4)C[C@H](c4ccc(CO)cc4)O3)c2)c1)NO. The van der Waals surface area contributed by atoms with Crippen LogP contribution in [-0.2, 0) is 45.3 Å². The van der Waals surface area contributed by atoms with E-state index in [9.17, 15) is 14.7 Å². The second kappa shape index (κ2) is 19.1. The fraction of sp³-hybridized carbons (Fsp3) is 0.273. The topological polar surface area (TPSA) is 120 Å². The maximum Gasteiger partial charge on any atom is 0.243 e. The van der Waals surface area contributed by atoms with E-state index >= 15 is 0 Å². The molecule has 9 nitrogen and oxygen atoms in total. The Morgan fingerprint density at radius 2 is 1.28 bits per heavy atom. The number of hydroxylamine groups is 1. The number of carbonyl (C=O) groups excluding carboxylic acids is 2. The summed E-state index contributed by atoms with van der Waals surface area (Å²) in [7, 11) is 0. The van der Waals surface area contributed by atoms with Crippen molar-refractivity contribution in [3.63, 3.8) is 0 Å². The van der Waals surface area contributed by atoms with Crippen molar-refractivity contribution >= 4 is 11.8 Å². The van der Waals surface area contributed by atoms with E-state index in [1.54, 1.807) is 5.48 Å². The molecule has 0 saturated carbocycles. The van der Waals surface area contributed by atoms with Crippen LogP contribution in [0.3, 0.4) is 0 Å². The average Bonchev–Trinajstić information content (AvgIpc) is 3.21. The molecule has 53 heavy (non-hydrogen) atoms. The van der Waals surface area contributed by atoms with Gasteiger partial charge in [-0.25, -0.2) is 5.48 Å². The van der Waals surface area contributed by atoms with Crippen LogP contribution in [0.5, 0.6) is 0 Å². The van der Waals surface area contributed by atoms with Crippen LogP contribution in [0.25, 0.3) is 11.1 Å². The quantitative estimate of drug-likeness (QED) is 0.0622. The Morgan fingerprint density at radius 3 is 1.94 bits per heavy atom. The molecule has 0 aliphatic carbocycles. The first kappa shape index (κ1) is 37.6. The summed E-state index contributed by atoms with van der Waals surface area (Å²) in [5.74, 6) is -0.663. The van der Waals surface area contributed by atoms with Gasteiger partial charge in [-0.15, -0.1) is 0 Å². The number of amides is 2. The Kier molecular flexibility index (Phi) is 13.5. The standard InChI is InChI=1S/C44H47N3O6/c48-31-34-20-22-36(23-21-34)41-26-40(30-47(28-32-10-3-1-4-11-32)29-33-12-5-2-6-13-33)52-44(53-41)39-17-8-16-38(25-39)37-15-7-14-35(24-37)27-45-42(49)18-9-19-43(50)46-51/h1-8,10-17,20-25,40-41,44,48,51H,9,18-19,26-31H2,(H,45,49)(H,46,50)/t40-,41+,44+/m0/s1. The second-order valence-corrected chi connectivity index (χ2v) is 13.5. The van der Waals surface area contributed by atoms with Crippen LogP contribution >= 0.6 is 0 Å². The Hall–Kier alpha value is -5.16. The molecule has 9 heteroatoms. The van der Waals surface area contributed by atoms with Gasteiger partial charge in [0.15, 0.2) is 6.29 Å². The highest BCUT2D eigenvalue weighted by Gasteiger charge is 2.33. The molecule has 4 N–H and O–H groups in total. The average molecular weight is 714 g/mol. The van der Waals surface area contributed by atoms with E-state index in [2.05, 4.69) is 76.9 Å². The van der Waals surface area contributed by atoms with E-state index in [0.717, 1.165) is 46.5 Å². The zero-order chi connectivity index (χ0) is 36.8. The molecule has 1 aliphatic heterocycles. The summed E-state index contributed by atoms with van der Waals surface area (Å²) in [6.07, 6.45) is 0.359. The van der Waals surface area contributed by atoms with Crippen molar-refractivity contribution in [3.05, 3.63) is 167 Å². The Balaban J connectivity index is 1.20. The number of hydrogen-bond acceptors (Lipinski definition) is 7. The van der Waals surface area contributed by atoms with E-state index < -0.39 is 12.2 Å². The van der Waals surface area contributed by atoms with Gasteiger partial charge >= 0.3 is 0 Å². The molecular formula is C44H47N3O6. The van der Waals surface area contributed by atoms with Crippen LogP contribution < -0.4 is 10.8 Å². The first-order valence-electron chi connectivity index (χ1n) is 18.2. The number of nitrogens with zero attached hydrogens (tertiary/aromatic N) is 1. The number of nitrogens with one attached hydrogen (secondary N) is 2. The Labute approximate surface area is 311 Å². The third-order valence-electron chi connectivity index (χ3n) is 9.42. The Morgan fingerprint density at radius 1 is 0.660 bits per heavy atom. The number of benzene rings is 5. The molecule has 6 rings (SSSR count). The summed E-state index contributed by atoms with van der Waals surface area (Å²) >= 11 is 0. The van der Waals surface area contributed by atoms with Gasteiger partial charge in [-0.1, -0.05) is 121 Å². The lowest BCUT2D eigenvalue weighted by Gasteiger charge is -2.38. The summed E-state index contributed by atoms with van der Waals surface area (Å²) in [5, 5.41) is 21.2.